The van der Waals surface area contributed by atoms with Crippen molar-refractivity contribution < 1.29 is 32.3 Å². The predicted octanol–water partition coefficient (Wildman–Crippen LogP) is 5.16. The average molecular weight is 733 g/mol. The number of sulfonamides is 1. The molecule has 3 fully saturated rings. The Morgan fingerprint density at radius 1 is 1.04 bits per heavy atom. The Hall–Kier alpha value is -4.10. The number of fused-ring (bicyclic) bond motifs is 3. The van der Waals surface area contributed by atoms with Gasteiger partial charge in [0.15, 0.2) is 5.78 Å². The molecule has 51 heavy (non-hydrogen) atoms. The largest absolute Gasteiger partial charge is 0.465 e. The summed E-state index contributed by atoms with van der Waals surface area (Å²) in [6, 6.07) is 15.5. The molecule has 3 amide bonds. The van der Waals surface area contributed by atoms with Crippen LogP contribution in [0.2, 0.25) is 0 Å². The van der Waals surface area contributed by atoms with Crippen LogP contribution in [0.1, 0.15) is 76.7 Å². The second kappa shape index (κ2) is 14.5. The average Bonchev–Trinajstić information content (AvgIpc) is 4.00. The fraction of sp³-hybridized carbons (Fsp3) is 0.500. The fourth-order valence-corrected chi connectivity index (χ4v) is 9.86. The molecule has 4 aliphatic rings. The van der Waals surface area contributed by atoms with Gasteiger partial charge in [-0.2, -0.15) is 0 Å². The zero-order valence-electron chi connectivity index (χ0n) is 28.7. The van der Waals surface area contributed by atoms with E-state index in [2.05, 4.69) is 9.71 Å². The highest BCUT2D eigenvalue weighted by atomic mass is 32.2. The Morgan fingerprint density at radius 2 is 1.80 bits per heavy atom. The van der Waals surface area contributed by atoms with Crippen molar-refractivity contribution in [3.05, 3.63) is 72.3 Å². The fourth-order valence-electron chi connectivity index (χ4n) is 7.59. The van der Waals surface area contributed by atoms with Crippen molar-refractivity contribution in [1.29, 1.82) is 0 Å². The number of Topliss-reactive ketones (excluding diaryl/α,β-unsaturated/α-hetero) is 1. The van der Waals surface area contributed by atoms with Gasteiger partial charge in [0, 0.05) is 26.3 Å². The van der Waals surface area contributed by atoms with Crippen molar-refractivity contribution in [3.8, 4) is 5.19 Å². The van der Waals surface area contributed by atoms with Gasteiger partial charge in [0.1, 0.15) is 12.1 Å². The van der Waals surface area contributed by atoms with E-state index in [1.807, 2.05) is 66.7 Å². The number of aromatic nitrogens is 1. The van der Waals surface area contributed by atoms with Crippen LogP contribution in [-0.2, 0) is 35.7 Å². The summed E-state index contributed by atoms with van der Waals surface area (Å²) >= 11 is 1.39. The molecule has 0 spiro atoms. The number of nitrogens with one attached hydrogen (secondary N) is 1. The van der Waals surface area contributed by atoms with Crippen LogP contribution in [0.25, 0.3) is 10.2 Å². The highest BCUT2D eigenvalue weighted by molar-refractivity contribution is 7.90. The van der Waals surface area contributed by atoms with E-state index >= 15 is 0 Å². The Balaban J connectivity index is 1.21. The number of rotatable bonds is 8. The maximum Gasteiger partial charge on any atom is 0.274 e. The standard InChI is InChI=1S/C38H44N4O7S2/c1-25(43)41(23-26-12-6-5-7-13-26)31-16-9-4-2-3-8-14-27-21-38(27,36(46)40-51(47,48)29-18-19-29)22-33(44)32-20-28(24-42(32)35(31)45)49-37-39-30-15-10-11-17-34(30)50-37/h5-8,10-15,17,27-29,31-32H,2-4,9,16,18-24H2,1H3,(H,40,46)/b14-8-/t27-,28-,31+,32+,38-/m1/s1. The molecule has 1 saturated heterocycles. The SMILES string of the molecule is CC(=O)N(Cc1ccccc1)[C@H]1CCCCC/C=C\[C@@H]2C[C@@]2(C(=O)NS(=O)(=O)C2CC2)CC(=O)[C@@H]2C[C@@H](Oc3nc4ccccc4s3)CN2C1=O. The highest BCUT2D eigenvalue weighted by Gasteiger charge is 2.61. The van der Waals surface area contributed by atoms with E-state index in [9.17, 15) is 27.6 Å². The van der Waals surface area contributed by atoms with Gasteiger partial charge in [0.25, 0.3) is 5.19 Å². The van der Waals surface area contributed by atoms with Gasteiger partial charge in [0.2, 0.25) is 27.7 Å². The lowest BCUT2D eigenvalue weighted by molar-refractivity contribution is -0.148. The molecule has 1 aromatic heterocycles. The molecule has 2 saturated carbocycles. The van der Waals surface area contributed by atoms with Gasteiger partial charge in [-0.15, -0.1) is 0 Å². The molecule has 2 aromatic carbocycles. The summed E-state index contributed by atoms with van der Waals surface area (Å²) in [5.74, 6) is -1.82. The van der Waals surface area contributed by atoms with Crippen LogP contribution in [0.15, 0.2) is 66.7 Å². The van der Waals surface area contributed by atoms with Gasteiger partial charge in [-0.3, -0.25) is 23.9 Å². The zero-order valence-corrected chi connectivity index (χ0v) is 30.4. The first-order valence-electron chi connectivity index (χ1n) is 17.9. The number of carbonyl (C=O) groups is 4. The Labute approximate surface area is 302 Å². The molecule has 11 nitrogen and oxygen atoms in total. The lowest BCUT2D eigenvalue weighted by atomic mass is 9.91. The number of nitrogens with zero attached hydrogens (tertiary/aromatic N) is 3. The minimum Gasteiger partial charge on any atom is -0.465 e. The van der Waals surface area contributed by atoms with Crippen molar-refractivity contribution in [1.82, 2.24) is 19.5 Å². The number of amides is 3. The van der Waals surface area contributed by atoms with E-state index in [-0.39, 0.29) is 49.4 Å². The van der Waals surface area contributed by atoms with Gasteiger partial charge in [-0.05, 0) is 62.1 Å². The third-order valence-corrected chi connectivity index (χ3v) is 13.5. The monoisotopic (exact) mass is 732 g/mol. The second-order valence-corrected chi connectivity index (χ2v) is 17.4. The van der Waals surface area contributed by atoms with Gasteiger partial charge < -0.3 is 14.5 Å². The van der Waals surface area contributed by atoms with E-state index in [4.69, 9.17) is 4.74 Å². The number of thiazole rings is 1. The number of para-hydroxylation sites is 1. The number of carbonyl (C=O) groups excluding carboxylic acids is 4. The predicted molar refractivity (Wildman–Crippen MR) is 193 cm³/mol. The lowest BCUT2D eigenvalue weighted by Crippen LogP contribution is -2.53. The molecule has 7 rings (SSSR count). The first-order chi connectivity index (χ1) is 24.5. The number of allylic oxidation sites excluding steroid dienone is 2. The summed E-state index contributed by atoms with van der Waals surface area (Å²) < 4.78 is 35.3. The summed E-state index contributed by atoms with van der Waals surface area (Å²) in [7, 11) is -3.82. The zero-order chi connectivity index (χ0) is 35.8. The van der Waals surface area contributed by atoms with Crippen LogP contribution in [-0.4, -0.2) is 76.7 Å². The van der Waals surface area contributed by atoms with E-state index < -0.39 is 44.8 Å². The quantitative estimate of drug-likeness (QED) is 0.313. The molecule has 2 aliphatic heterocycles. The Kier molecular flexibility index (Phi) is 10.0. The molecule has 0 bridgehead atoms. The first-order valence-corrected chi connectivity index (χ1v) is 20.3. The Bertz CT molecular complexity index is 1910. The van der Waals surface area contributed by atoms with Crippen LogP contribution in [0.5, 0.6) is 5.19 Å². The minimum atomic E-state index is -3.82. The first kappa shape index (κ1) is 35.3. The van der Waals surface area contributed by atoms with Crippen molar-refractivity contribution in [2.24, 2.45) is 11.3 Å². The van der Waals surface area contributed by atoms with Crippen molar-refractivity contribution in [3.63, 3.8) is 0 Å². The highest BCUT2D eigenvalue weighted by Crippen LogP contribution is 2.57. The number of ketones is 1. The molecule has 0 unspecified atom stereocenters. The third-order valence-electron chi connectivity index (χ3n) is 10.7. The van der Waals surface area contributed by atoms with Gasteiger partial charge in [-0.1, -0.05) is 78.8 Å². The molecule has 3 aromatic rings. The maximum atomic E-state index is 14.8. The minimum absolute atomic E-state index is 0.108. The summed E-state index contributed by atoms with van der Waals surface area (Å²) in [5, 5.41) is -0.146. The van der Waals surface area contributed by atoms with Crippen LogP contribution < -0.4 is 9.46 Å². The van der Waals surface area contributed by atoms with Crippen LogP contribution >= 0.6 is 11.3 Å². The summed E-state index contributed by atoms with van der Waals surface area (Å²) in [4.78, 5) is 64.0. The molecule has 13 heteroatoms. The molecule has 5 atom stereocenters. The summed E-state index contributed by atoms with van der Waals surface area (Å²) in [6.45, 7) is 1.82. The lowest BCUT2D eigenvalue weighted by Gasteiger charge is -2.35. The molecule has 0 radical (unpaired) electrons. The van der Waals surface area contributed by atoms with Crippen LogP contribution in [0, 0.1) is 11.3 Å². The normalized spacial score (nSPS) is 27.8. The molecular weight excluding hydrogens is 689 g/mol. The number of benzene rings is 2. The summed E-state index contributed by atoms with van der Waals surface area (Å²) in [5.41, 5.74) is 0.466. The van der Waals surface area contributed by atoms with Crippen molar-refractivity contribution >= 4 is 55.1 Å². The smallest absolute Gasteiger partial charge is 0.274 e. The Morgan fingerprint density at radius 3 is 2.55 bits per heavy atom. The third kappa shape index (κ3) is 7.74. The molecule has 270 valence electrons. The van der Waals surface area contributed by atoms with Gasteiger partial charge in [-0.25, -0.2) is 13.4 Å². The second-order valence-electron chi connectivity index (χ2n) is 14.4. The van der Waals surface area contributed by atoms with E-state index in [1.165, 1.54) is 18.3 Å². The maximum absolute atomic E-state index is 14.8. The van der Waals surface area contributed by atoms with Gasteiger partial charge in [0.05, 0.1) is 33.5 Å². The summed E-state index contributed by atoms with van der Waals surface area (Å²) in [6.07, 6.45) is 8.33. The van der Waals surface area contributed by atoms with E-state index in [0.29, 0.717) is 37.3 Å². The number of hydrogen-bond acceptors (Lipinski definition) is 9. The number of hydrogen-bond donors (Lipinski definition) is 1. The van der Waals surface area contributed by atoms with Gasteiger partial charge >= 0.3 is 0 Å². The van der Waals surface area contributed by atoms with Crippen LogP contribution in [0.4, 0.5) is 0 Å². The molecule has 2 aliphatic carbocycles. The van der Waals surface area contributed by atoms with Crippen molar-refractivity contribution in [2.45, 2.75) is 101 Å². The van der Waals surface area contributed by atoms with E-state index in [0.717, 1.165) is 35.0 Å². The number of ether oxygens (including phenoxy) is 1. The van der Waals surface area contributed by atoms with Crippen LogP contribution in [0.3, 0.4) is 0 Å². The molecule has 1 N–H and O–H groups in total. The topological polar surface area (TPSA) is 143 Å². The molecule has 3 heterocycles. The van der Waals surface area contributed by atoms with E-state index in [1.54, 1.807) is 9.80 Å². The van der Waals surface area contributed by atoms with Crippen molar-refractivity contribution in [2.75, 3.05) is 6.54 Å². The molecular formula is C38H44N4O7S2.